The van der Waals surface area contributed by atoms with Gasteiger partial charge in [0.2, 0.25) is 0 Å². The Labute approximate surface area is 143 Å². The number of benzene rings is 2. The summed E-state index contributed by atoms with van der Waals surface area (Å²) in [5.41, 5.74) is 1.13. The SMILES string of the molecule is CC[Si](CC)(CC)C(c1ccc(-c2ccccc2)cc1)C(F)(F)F. The molecule has 0 aromatic heterocycles. The van der Waals surface area contributed by atoms with Gasteiger partial charge in [-0.25, -0.2) is 0 Å². The Morgan fingerprint density at radius 2 is 1.21 bits per heavy atom. The molecule has 0 aliphatic rings. The molecule has 0 bridgehead atoms. The molecule has 24 heavy (non-hydrogen) atoms. The van der Waals surface area contributed by atoms with E-state index >= 15 is 0 Å². The van der Waals surface area contributed by atoms with Crippen LogP contribution in [0.1, 0.15) is 31.9 Å². The molecule has 0 saturated carbocycles. The summed E-state index contributed by atoms with van der Waals surface area (Å²) in [6.07, 6.45) is -4.18. The van der Waals surface area contributed by atoms with Gasteiger partial charge in [0.25, 0.3) is 0 Å². The number of rotatable bonds is 6. The molecule has 0 nitrogen and oxygen atoms in total. The lowest BCUT2D eigenvalue weighted by atomic mass is 10.0. The standard InChI is InChI=1S/C20H25F3Si/c1-4-24(5-2,6-3)19(20(21,22)23)18-14-12-17(13-15-18)16-10-8-7-9-11-16/h7-15,19H,4-6H2,1-3H3. The zero-order valence-electron chi connectivity index (χ0n) is 14.5. The van der Waals surface area contributed by atoms with E-state index in [-0.39, 0.29) is 0 Å². The zero-order chi connectivity index (χ0) is 17.8. The van der Waals surface area contributed by atoms with Gasteiger partial charge in [-0.2, -0.15) is 13.2 Å². The van der Waals surface area contributed by atoms with Crippen LogP contribution in [0.3, 0.4) is 0 Å². The van der Waals surface area contributed by atoms with E-state index < -0.39 is 19.8 Å². The molecule has 2 aromatic carbocycles. The van der Waals surface area contributed by atoms with Gasteiger partial charge in [0.1, 0.15) is 0 Å². The van der Waals surface area contributed by atoms with E-state index in [0.29, 0.717) is 23.7 Å². The van der Waals surface area contributed by atoms with Crippen molar-refractivity contribution in [1.29, 1.82) is 0 Å². The first-order valence-corrected chi connectivity index (χ1v) is 11.3. The van der Waals surface area contributed by atoms with Crippen LogP contribution < -0.4 is 0 Å². The third-order valence-electron chi connectivity index (χ3n) is 5.40. The molecule has 4 heteroatoms. The Kier molecular flexibility index (Phi) is 5.91. The summed E-state index contributed by atoms with van der Waals surface area (Å²) in [7, 11) is -2.44. The largest absolute Gasteiger partial charge is 0.393 e. The fourth-order valence-corrected chi connectivity index (χ4v) is 8.07. The summed E-state index contributed by atoms with van der Waals surface area (Å²) in [6, 6.07) is 18.7. The molecule has 0 N–H and O–H groups in total. The average molecular weight is 350 g/mol. The molecule has 130 valence electrons. The highest BCUT2D eigenvalue weighted by atomic mass is 28.3. The molecule has 0 amide bonds. The smallest absolute Gasteiger partial charge is 0.171 e. The monoisotopic (exact) mass is 350 g/mol. The second kappa shape index (κ2) is 7.56. The number of hydrogen-bond donors (Lipinski definition) is 0. The first kappa shape index (κ1) is 18.8. The Morgan fingerprint density at radius 1 is 0.750 bits per heavy atom. The van der Waals surface area contributed by atoms with Gasteiger partial charge >= 0.3 is 6.18 Å². The second-order valence-electron chi connectivity index (χ2n) is 6.39. The maximum Gasteiger partial charge on any atom is 0.393 e. The minimum absolute atomic E-state index is 0.430. The quantitative estimate of drug-likeness (QED) is 0.490. The van der Waals surface area contributed by atoms with E-state index in [1.165, 1.54) is 0 Å². The molecule has 0 fully saturated rings. The normalized spacial score (nSPS) is 13.8. The minimum atomic E-state index is -4.18. The highest BCUT2D eigenvalue weighted by Gasteiger charge is 2.52. The van der Waals surface area contributed by atoms with E-state index in [4.69, 9.17) is 0 Å². The number of halogens is 3. The van der Waals surface area contributed by atoms with Crippen molar-refractivity contribution < 1.29 is 13.2 Å². The number of hydrogen-bond acceptors (Lipinski definition) is 0. The van der Waals surface area contributed by atoms with Crippen LogP contribution in [0.5, 0.6) is 0 Å². The molecule has 1 unspecified atom stereocenters. The molecular weight excluding hydrogens is 325 g/mol. The van der Waals surface area contributed by atoms with Crippen molar-refractivity contribution in [3.8, 4) is 11.1 Å². The first-order chi connectivity index (χ1) is 11.4. The van der Waals surface area contributed by atoms with Crippen LogP contribution in [0, 0.1) is 0 Å². The van der Waals surface area contributed by atoms with Crippen LogP contribution in [0.15, 0.2) is 54.6 Å². The van der Waals surface area contributed by atoms with Gasteiger partial charge in [-0.05, 0) is 16.7 Å². The molecule has 0 heterocycles. The lowest BCUT2D eigenvalue weighted by Gasteiger charge is -2.38. The van der Waals surface area contributed by atoms with Crippen LogP contribution in [0.25, 0.3) is 11.1 Å². The fraction of sp³-hybridized carbons (Fsp3) is 0.400. The minimum Gasteiger partial charge on any atom is -0.171 e. The van der Waals surface area contributed by atoms with Crippen molar-refractivity contribution in [3.63, 3.8) is 0 Å². The maximum absolute atomic E-state index is 13.9. The summed E-state index contributed by atoms with van der Waals surface area (Å²) in [4.78, 5) is 0. The van der Waals surface area contributed by atoms with E-state index in [1.54, 1.807) is 12.1 Å². The molecule has 0 spiro atoms. The zero-order valence-corrected chi connectivity index (χ0v) is 15.5. The molecular formula is C20H25F3Si. The van der Waals surface area contributed by atoms with Gasteiger partial charge in [-0.3, -0.25) is 0 Å². The van der Waals surface area contributed by atoms with Crippen molar-refractivity contribution in [2.45, 2.75) is 50.6 Å². The summed E-state index contributed by atoms with van der Waals surface area (Å²) >= 11 is 0. The van der Waals surface area contributed by atoms with Crippen LogP contribution in [0.2, 0.25) is 18.1 Å². The van der Waals surface area contributed by atoms with Crippen molar-refractivity contribution in [3.05, 3.63) is 60.2 Å². The number of alkyl halides is 3. The van der Waals surface area contributed by atoms with Crippen LogP contribution in [0.4, 0.5) is 13.2 Å². The summed E-state index contributed by atoms with van der Waals surface area (Å²) in [5, 5.41) is 0. The fourth-order valence-electron chi connectivity index (χ4n) is 3.75. The van der Waals surface area contributed by atoms with Crippen LogP contribution in [-0.2, 0) is 0 Å². The van der Waals surface area contributed by atoms with Crippen LogP contribution >= 0.6 is 0 Å². The van der Waals surface area contributed by atoms with Crippen molar-refractivity contribution in [2.75, 3.05) is 0 Å². The Bertz CT molecular complexity index is 620. The highest BCUT2D eigenvalue weighted by Crippen LogP contribution is 2.46. The van der Waals surface area contributed by atoms with E-state index in [1.807, 2.05) is 63.2 Å². The summed E-state index contributed by atoms with van der Waals surface area (Å²) < 4.78 is 41.8. The molecule has 1 atom stereocenters. The van der Waals surface area contributed by atoms with Gasteiger partial charge in [0.15, 0.2) is 0 Å². The van der Waals surface area contributed by atoms with E-state index in [9.17, 15) is 13.2 Å². The lowest BCUT2D eigenvalue weighted by molar-refractivity contribution is -0.134. The Balaban J connectivity index is 2.45. The van der Waals surface area contributed by atoms with Crippen LogP contribution in [-0.4, -0.2) is 14.3 Å². The van der Waals surface area contributed by atoms with Gasteiger partial charge in [0, 0.05) is 0 Å². The Morgan fingerprint density at radius 3 is 1.62 bits per heavy atom. The molecule has 0 saturated heterocycles. The molecule has 2 rings (SSSR count). The second-order valence-corrected chi connectivity index (χ2v) is 11.8. The third kappa shape index (κ3) is 3.74. The van der Waals surface area contributed by atoms with Crippen molar-refractivity contribution >= 4 is 8.07 Å². The van der Waals surface area contributed by atoms with E-state index in [2.05, 4.69) is 0 Å². The van der Waals surface area contributed by atoms with Crippen molar-refractivity contribution in [1.82, 2.24) is 0 Å². The maximum atomic E-state index is 13.9. The Hall–Kier alpha value is -1.55. The topological polar surface area (TPSA) is 0 Å². The summed E-state index contributed by atoms with van der Waals surface area (Å²) in [6.45, 7) is 5.78. The summed E-state index contributed by atoms with van der Waals surface area (Å²) in [5.74, 6) is 0. The third-order valence-corrected chi connectivity index (χ3v) is 11.5. The predicted octanol–water partition coefficient (Wildman–Crippen LogP) is 7.05. The highest BCUT2D eigenvalue weighted by molar-refractivity contribution is 6.81. The predicted molar refractivity (Wildman–Crippen MR) is 97.9 cm³/mol. The molecule has 0 radical (unpaired) electrons. The van der Waals surface area contributed by atoms with E-state index in [0.717, 1.165) is 11.1 Å². The lowest BCUT2D eigenvalue weighted by Crippen LogP contribution is -2.47. The van der Waals surface area contributed by atoms with Gasteiger partial charge < -0.3 is 0 Å². The first-order valence-electron chi connectivity index (χ1n) is 8.60. The average Bonchev–Trinajstić information content (AvgIpc) is 2.60. The van der Waals surface area contributed by atoms with Gasteiger partial charge in [-0.15, -0.1) is 0 Å². The molecule has 0 aliphatic carbocycles. The molecule has 2 aromatic rings. The van der Waals surface area contributed by atoms with Gasteiger partial charge in [-0.1, -0.05) is 93.5 Å². The van der Waals surface area contributed by atoms with Crippen molar-refractivity contribution in [2.24, 2.45) is 0 Å². The van der Waals surface area contributed by atoms with Gasteiger partial charge in [0.05, 0.1) is 13.6 Å². The molecule has 0 aliphatic heterocycles.